The lowest BCUT2D eigenvalue weighted by Crippen LogP contribution is -2.44. The molecule has 0 aliphatic rings. The second-order valence-electron chi connectivity index (χ2n) is 7.47. The first-order valence-electron chi connectivity index (χ1n) is 9.46. The smallest absolute Gasteiger partial charge is 0.247 e. The largest absolute Gasteiger partial charge is 0.493 e. The van der Waals surface area contributed by atoms with E-state index in [9.17, 15) is 4.79 Å². The zero-order valence-corrected chi connectivity index (χ0v) is 17.5. The Morgan fingerprint density at radius 3 is 2.38 bits per heavy atom. The van der Waals surface area contributed by atoms with E-state index in [4.69, 9.17) is 9.47 Å². The number of ether oxygens (including phenoxy) is 2. The van der Waals surface area contributed by atoms with E-state index in [2.05, 4.69) is 10.4 Å². The third kappa shape index (κ3) is 4.42. The minimum Gasteiger partial charge on any atom is -0.493 e. The fourth-order valence-corrected chi connectivity index (χ4v) is 3.00. The van der Waals surface area contributed by atoms with Gasteiger partial charge in [0.25, 0.3) is 0 Å². The van der Waals surface area contributed by atoms with Crippen molar-refractivity contribution in [3.05, 3.63) is 66.0 Å². The van der Waals surface area contributed by atoms with Crippen LogP contribution in [0.15, 0.2) is 54.9 Å². The van der Waals surface area contributed by atoms with E-state index in [1.165, 1.54) is 5.56 Å². The number of carbonyl (C=O) groups excluding carboxylic acids is 1. The molecular formula is C23H27N3O3. The van der Waals surface area contributed by atoms with Gasteiger partial charge in [-0.1, -0.05) is 35.9 Å². The number of methoxy groups -OCH3 is 2. The highest BCUT2D eigenvalue weighted by Crippen LogP contribution is 2.32. The number of nitrogens with zero attached hydrogens (tertiary/aromatic N) is 2. The van der Waals surface area contributed by atoms with E-state index in [1.807, 2.05) is 69.4 Å². The molecule has 1 amide bonds. The van der Waals surface area contributed by atoms with Gasteiger partial charge in [0.2, 0.25) is 5.91 Å². The van der Waals surface area contributed by atoms with Crippen molar-refractivity contribution in [2.75, 3.05) is 14.2 Å². The van der Waals surface area contributed by atoms with Crippen molar-refractivity contribution in [3.63, 3.8) is 0 Å². The molecule has 0 aliphatic carbocycles. The molecule has 3 rings (SSSR count). The monoisotopic (exact) mass is 393 g/mol. The van der Waals surface area contributed by atoms with Crippen LogP contribution in [0, 0.1) is 6.92 Å². The summed E-state index contributed by atoms with van der Waals surface area (Å²) in [5.41, 5.74) is 3.25. The number of carbonyl (C=O) groups is 1. The molecule has 0 fully saturated rings. The summed E-state index contributed by atoms with van der Waals surface area (Å²) in [6.45, 7) is 6.22. The van der Waals surface area contributed by atoms with Gasteiger partial charge in [0.05, 0.1) is 20.4 Å². The van der Waals surface area contributed by atoms with Gasteiger partial charge >= 0.3 is 0 Å². The van der Waals surface area contributed by atoms with Crippen molar-refractivity contribution in [3.8, 4) is 22.6 Å². The van der Waals surface area contributed by atoms with Crippen LogP contribution in [0.3, 0.4) is 0 Å². The van der Waals surface area contributed by atoms with E-state index >= 15 is 0 Å². The molecular weight excluding hydrogens is 366 g/mol. The lowest BCUT2D eigenvalue weighted by Gasteiger charge is -2.24. The highest BCUT2D eigenvalue weighted by atomic mass is 16.5. The number of rotatable bonds is 7. The topological polar surface area (TPSA) is 65.4 Å². The number of amides is 1. The Kier molecular flexibility index (Phi) is 5.92. The first-order valence-corrected chi connectivity index (χ1v) is 9.46. The fourth-order valence-electron chi connectivity index (χ4n) is 3.00. The summed E-state index contributed by atoms with van der Waals surface area (Å²) in [6, 6.07) is 13.8. The second-order valence-corrected chi connectivity index (χ2v) is 7.47. The molecule has 0 spiro atoms. The first kappa shape index (κ1) is 20.5. The molecule has 6 heteroatoms. The maximum atomic E-state index is 12.8. The molecule has 0 aliphatic heterocycles. The number of hydrogen-bond donors (Lipinski definition) is 1. The van der Waals surface area contributed by atoms with E-state index < -0.39 is 5.54 Å². The van der Waals surface area contributed by atoms with Crippen LogP contribution in [0.2, 0.25) is 0 Å². The van der Waals surface area contributed by atoms with Gasteiger partial charge in [0.1, 0.15) is 5.54 Å². The van der Waals surface area contributed by atoms with Crippen molar-refractivity contribution in [1.82, 2.24) is 15.1 Å². The molecule has 0 saturated carbocycles. The molecule has 1 N–H and O–H groups in total. The van der Waals surface area contributed by atoms with E-state index in [0.717, 1.165) is 16.7 Å². The van der Waals surface area contributed by atoms with Crippen LogP contribution in [0.5, 0.6) is 11.5 Å². The zero-order valence-electron chi connectivity index (χ0n) is 17.5. The van der Waals surface area contributed by atoms with Crippen LogP contribution in [0.1, 0.15) is 25.0 Å². The van der Waals surface area contributed by atoms with Gasteiger partial charge in [-0.3, -0.25) is 9.48 Å². The predicted molar refractivity (Wildman–Crippen MR) is 113 cm³/mol. The SMILES string of the molecule is COc1ccc(-c2cnn(C(C)(C)C(=O)NCc3ccc(C)cc3)c2)cc1OC. The Morgan fingerprint density at radius 1 is 1.03 bits per heavy atom. The Morgan fingerprint density at radius 2 is 1.72 bits per heavy atom. The molecule has 2 aromatic carbocycles. The summed E-state index contributed by atoms with van der Waals surface area (Å²) in [4.78, 5) is 12.8. The summed E-state index contributed by atoms with van der Waals surface area (Å²) < 4.78 is 12.3. The first-order chi connectivity index (χ1) is 13.8. The van der Waals surface area contributed by atoms with Crippen LogP contribution in [0.25, 0.3) is 11.1 Å². The van der Waals surface area contributed by atoms with Gasteiger partial charge in [-0.2, -0.15) is 5.10 Å². The van der Waals surface area contributed by atoms with Gasteiger partial charge in [0.15, 0.2) is 11.5 Å². The summed E-state index contributed by atoms with van der Waals surface area (Å²) >= 11 is 0. The predicted octanol–water partition coefficient (Wildman–Crippen LogP) is 3.93. The minimum atomic E-state index is -0.834. The molecule has 1 heterocycles. The molecule has 1 aromatic heterocycles. The van der Waals surface area contributed by atoms with E-state index in [0.29, 0.717) is 18.0 Å². The minimum absolute atomic E-state index is 0.0972. The summed E-state index contributed by atoms with van der Waals surface area (Å²) in [5.74, 6) is 1.22. The lowest BCUT2D eigenvalue weighted by atomic mass is 10.0. The van der Waals surface area contributed by atoms with Crippen LogP contribution in [-0.2, 0) is 16.9 Å². The number of nitrogens with one attached hydrogen (secondary N) is 1. The Labute approximate surface area is 171 Å². The van der Waals surface area contributed by atoms with Gasteiger partial charge in [0, 0.05) is 18.3 Å². The molecule has 0 unspecified atom stereocenters. The molecule has 6 nitrogen and oxygen atoms in total. The van der Waals surface area contributed by atoms with Gasteiger partial charge < -0.3 is 14.8 Å². The fraction of sp³-hybridized carbons (Fsp3) is 0.304. The summed E-state index contributed by atoms with van der Waals surface area (Å²) in [7, 11) is 3.21. The second kappa shape index (κ2) is 8.39. The molecule has 3 aromatic rings. The Balaban J connectivity index is 1.75. The van der Waals surface area contributed by atoms with Crippen LogP contribution in [0.4, 0.5) is 0 Å². The van der Waals surface area contributed by atoms with E-state index in [1.54, 1.807) is 25.1 Å². The number of aryl methyl sites for hydroxylation is 1. The van der Waals surface area contributed by atoms with Crippen molar-refractivity contribution in [2.24, 2.45) is 0 Å². The van der Waals surface area contributed by atoms with E-state index in [-0.39, 0.29) is 5.91 Å². The maximum absolute atomic E-state index is 12.8. The zero-order chi connectivity index (χ0) is 21.0. The molecule has 0 saturated heterocycles. The average Bonchev–Trinajstić information content (AvgIpc) is 3.23. The molecule has 29 heavy (non-hydrogen) atoms. The van der Waals surface area contributed by atoms with Crippen molar-refractivity contribution in [1.29, 1.82) is 0 Å². The Bertz CT molecular complexity index is 991. The van der Waals surface area contributed by atoms with Crippen molar-refractivity contribution in [2.45, 2.75) is 32.9 Å². The number of benzene rings is 2. The summed E-state index contributed by atoms with van der Waals surface area (Å²) in [5, 5.41) is 7.44. The number of aromatic nitrogens is 2. The van der Waals surface area contributed by atoms with Gasteiger partial charge in [-0.25, -0.2) is 0 Å². The normalized spacial score (nSPS) is 11.2. The third-order valence-corrected chi connectivity index (χ3v) is 5.00. The van der Waals surface area contributed by atoms with Crippen LogP contribution < -0.4 is 14.8 Å². The highest BCUT2D eigenvalue weighted by Gasteiger charge is 2.30. The average molecular weight is 393 g/mol. The number of hydrogen-bond acceptors (Lipinski definition) is 4. The molecule has 0 bridgehead atoms. The quantitative estimate of drug-likeness (QED) is 0.661. The molecule has 0 radical (unpaired) electrons. The summed E-state index contributed by atoms with van der Waals surface area (Å²) in [6.07, 6.45) is 3.61. The Hall–Kier alpha value is -3.28. The van der Waals surface area contributed by atoms with Gasteiger partial charge in [-0.15, -0.1) is 0 Å². The highest BCUT2D eigenvalue weighted by molar-refractivity contribution is 5.83. The lowest BCUT2D eigenvalue weighted by molar-refractivity contribution is -0.129. The van der Waals surface area contributed by atoms with Crippen LogP contribution in [-0.4, -0.2) is 29.9 Å². The van der Waals surface area contributed by atoms with Crippen molar-refractivity contribution < 1.29 is 14.3 Å². The third-order valence-electron chi connectivity index (χ3n) is 5.00. The van der Waals surface area contributed by atoms with Gasteiger partial charge in [-0.05, 0) is 44.0 Å². The molecule has 0 atom stereocenters. The maximum Gasteiger partial charge on any atom is 0.247 e. The van der Waals surface area contributed by atoms with Crippen molar-refractivity contribution >= 4 is 5.91 Å². The standard InChI is InChI=1S/C23H27N3O3/c1-16-6-8-17(9-7-16)13-24-22(27)23(2,3)26-15-19(14-25-26)18-10-11-20(28-4)21(12-18)29-5/h6-12,14-15H,13H2,1-5H3,(H,24,27). The molecule has 152 valence electrons. The van der Waals surface area contributed by atoms with Crippen LogP contribution >= 0.6 is 0 Å².